The average molecular weight is 185 g/mol. The molecule has 0 bridgehead atoms. The Balaban J connectivity index is 2.33. The maximum absolute atomic E-state index is 8.68. The van der Waals surface area contributed by atoms with Crippen LogP contribution in [0.3, 0.4) is 0 Å². The number of aryl methyl sites for hydroxylation is 1. The molecule has 0 aliphatic rings. The first kappa shape index (κ1) is 9.56. The Kier molecular flexibility index (Phi) is 4.12. The highest BCUT2D eigenvalue weighted by molar-refractivity contribution is 6.20. The van der Waals surface area contributed by atoms with E-state index in [1.165, 1.54) is 5.56 Å². The quantitative estimate of drug-likeness (QED) is 0.712. The third-order valence-electron chi connectivity index (χ3n) is 1.79. The third-order valence-corrected chi connectivity index (χ3v) is 2.14. The molecule has 1 N–H and O–H groups in total. The van der Waals surface area contributed by atoms with E-state index in [1.54, 1.807) is 0 Å². The Morgan fingerprint density at radius 1 is 1.25 bits per heavy atom. The van der Waals surface area contributed by atoms with Crippen molar-refractivity contribution in [3.05, 3.63) is 35.9 Å². The Morgan fingerprint density at radius 3 is 2.50 bits per heavy atom. The first-order valence-electron chi connectivity index (χ1n) is 4.12. The molecule has 1 atom stereocenters. The van der Waals surface area contributed by atoms with Gasteiger partial charge in [-0.2, -0.15) is 0 Å². The molecule has 12 heavy (non-hydrogen) atoms. The van der Waals surface area contributed by atoms with Gasteiger partial charge in [0, 0.05) is 0 Å². The maximum Gasteiger partial charge on any atom is 0.0595 e. The van der Waals surface area contributed by atoms with Gasteiger partial charge < -0.3 is 5.11 Å². The SMILES string of the molecule is OCC(Cl)CCc1ccccc1. The summed E-state index contributed by atoms with van der Waals surface area (Å²) in [6.45, 7) is 0.0639. The Morgan fingerprint density at radius 2 is 1.92 bits per heavy atom. The van der Waals surface area contributed by atoms with E-state index in [9.17, 15) is 0 Å². The van der Waals surface area contributed by atoms with Gasteiger partial charge in [0.25, 0.3) is 0 Å². The summed E-state index contributed by atoms with van der Waals surface area (Å²) in [6.07, 6.45) is 1.78. The lowest BCUT2D eigenvalue weighted by molar-refractivity contribution is 0.288. The Bertz CT molecular complexity index is 210. The predicted octanol–water partition coefficient (Wildman–Crippen LogP) is 2.22. The molecule has 1 rings (SSSR count). The van der Waals surface area contributed by atoms with Gasteiger partial charge in [-0.25, -0.2) is 0 Å². The number of hydrogen-bond donors (Lipinski definition) is 1. The molecule has 1 nitrogen and oxygen atoms in total. The van der Waals surface area contributed by atoms with E-state index in [2.05, 4.69) is 12.1 Å². The Hall–Kier alpha value is -0.530. The summed E-state index contributed by atoms with van der Waals surface area (Å²) in [5, 5.41) is 8.57. The van der Waals surface area contributed by atoms with Crippen molar-refractivity contribution in [2.45, 2.75) is 18.2 Å². The van der Waals surface area contributed by atoms with Crippen LogP contribution in [-0.4, -0.2) is 17.1 Å². The minimum Gasteiger partial charge on any atom is -0.395 e. The monoisotopic (exact) mass is 184 g/mol. The average Bonchev–Trinajstić information content (AvgIpc) is 2.16. The zero-order valence-electron chi connectivity index (χ0n) is 6.91. The molecule has 0 amide bonds. The molecule has 66 valence electrons. The molecule has 0 heterocycles. The highest BCUT2D eigenvalue weighted by Crippen LogP contribution is 2.08. The molecule has 0 aliphatic heterocycles. The van der Waals surface area contributed by atoms with Crippen molar-refractivity contribution in [1.29, 1.82) is 0 Å². The summed E-state index contributed by atoms with van der Waals surface area (Å²) in [5.74, 6) is 0. The second-order valence-electron chi connectivity index (χ2n) is 2.80. The fraction of sp³-hybridized carbons (Fsp3) is 0.400. The number of hydrogen-bond acceptors (Lipinski definition) is 1. The van der Waals surface area contributed by atoms with Crippen LogP contribution in [0.4, 0.5) is 0 Å². The molecule has 0 aliphatic carbocycles. The van der Waals surface area contributed by atoms with E-state index in [0.717, 1.165) is 12.8 Å². The van der Waals surface area contributed by atoms with Gasteiger partial charge in [-0.1, -0.05) is 30.3 Å². The third kappa shape index (κ3) is 3.24. The zero-order valence-corrected chi connectivity index (χ0v) is 7.67. The molecule has 0 radical (unpaired) electrons. The molecule has 0 saturated heterocycles. The minimum absolute atomic E-state index is 0.0639. The smallest absolute Gasteiger partial charge is 0.0595 e. The summed E-state index contributed by atoms with van der Waals surface area (Å²) in [7, 11) is 0. The van der Waals surface area contributed by atoms with Gasteiger partial charge in [0.1, 0.15) is 0 Å². The second-order valence-corrected chi connectivity index (χ2v) is 3.42. The highest BCUT2D eigenvalue weighted by Gasteiger charge is 2.01. The van der Waals surface area contributed by atoms with Gasteiger partial charge in [0.15, 0.2) is 0 Å². The maximum atomic E-state index is 8.68. The number of aliphatic hydroxyl groups excluding tert-OH is 1. The van der Waals surface area contributed by atoms with Gasteiger partial charge in [-0.05, 0) is 18.4 Å². The van der Waals surface area contributed by atoms with E-state index in [-0.39, 0.29) is 12.0 Å². The van der Waals surface area contributed by atoms with Crippen molar-refractivity contribution in [3.63, 3.8) is 0 Å². The van der Waals surface area contributed by atoms with Gasteiger partial charge in [0.2, 0.25) is 0 Å². The molecule has 1 unspecified atom stereocenters. The summed E-state index contributed by atoms with van der Waals surface area (Å²) in [6, 6.07) is 10.2. The number of rotatable bonds is 4. The molecule has 0 saturated carbocycles. The molecule has 0 fully saturated rings. The molecule has 2 heteroatoms. The number of benzene rings is 1. The number of alkyl halides is 1. The number of halogens is 1. The molecular weight excluding hydrogens is 172 g/mol. The first-order valence-corrected chi connectivity index (χ1v) is 4.55. The van der Waals surface area contributed by atoms with Crippen LogP contribution in [0.1, 0.15) is 12.0 Å². The van der Waals surface area contributed by atoms with Crippen LogP contribution in [0.5, 0.6) is 0 Å². The lowest BCUT2D eigenvalue weighted by Crippen LogP contribution is -2.05. The fourth-order valence-electron chi connectivity index (χ4n) is 1.06. The van der Waals surface area contributed by atoms with Crippen molar-refractivity contribution >= 4 is 11.6 Å². The van der Waals surface area contributed by atoms with E-state index in [4.69, 9.17) is 16.7 Å². The standard InChI is InChI=1S/C10H13ClO/c11-10(8-12)7-6-9-4-2-1-3-5-9/h1-5,10,12H,6-8H2. The fourth-order valence-corrected chi connectivity index (χ4v) is 1.17. The summed E-state index contributed by atoms with van der Waals surface area (Å²) < 4.78 is 0. The highest BCUT2D eigenvalue weighted by atomic mass is 35.5. The van der Waals surface area contributed by atoms with Crippen molar-refractivity contribution in [3.8, 4) is 0 Å². The molecule has 0 aromatic heterocycles. The van der Waals surface area contributed by atoms with Crippen LogP contribution in [-0.2, 0) is 6.42 Å². The first-order chi connectivity index (χ1) is 5.83. The van der Waals surface area contributed by atoms with E-state index < -0.39 is 0 Å². The van der Waals surface area contributed by atoms with E-state index in [1.807, 2.05) is 18.2 Å². The van der Waals surface area contributed by atoms with Gasteiger partial charge in [-0.15, -0.1) is 11.6 Å². The largest absolute Gasteiger partial charge is 0.395 e. The van der Waals surface area contributed by atoms with Crippen molar-refractivity contribution in [1.82, 2.24) is 0 Å². The lowest BCUT2D eigenvalue weighted by Gasteiger charge is -2.04. The van der Waals surface area contributed by atoms with Gasteiger partial charge >= 0.3 is 0 Å². The molecule has 1 aromatic carbocycles. The van der Waals surface area contributed by atoms with Gasteiger partial charge in [0.05, 0.1) is 12.0 Å². The van der Waals surface area contributed by atoms with E-state index in [0.29, 0.717) is 0 Å². The molecule has 0 spiro atoms. The lowest BCUT2D eigenvalue weighted by atomic mass is 10.1. The van der Waals surface area contributed by atoms with Crippen LogP contribution in [0.25, 0.3) is 0 Å². The normalized spacial score (nSPS) is 12.8. The zero-order chi connectivity index (χ0) is 8.81. The van der Waals surface area contributed by atoms with Crippen molar-refractivity contribution in [2.24, 2.45) is 0 Å². The van der Waals surface area contributed by atoms with Gasteiger partial charge in [-0.3, -0.25) is 0 Å². The predicted molar refractivity (Wildman–Crippen MR) is 51.5 cm³/mol. The Labute approximate surface area is 78.0 Å². The van der Waals surface area contributed by atoms with Crippen molar-refractivity contribution in [2.75, 3.05) is 6.61 Å². The van der Waals surface area contributed by atoms with Crippen molar-refractivity contribution < 1.29 is 5.11 Å². The summed E-state index contributed by atoms with van der Waals surface area (Å²) in [4.78, 5) is 0. The summed E-state index contributed by atoms with van der Waals surface area (Å²) >= 11 is 5.77. The van der Waals surface area contributed by atoms with E-state index >= 15 is 0 Å². The minimum atomic E-state index is -0.106. The molecule has 1 aromatic rings. The van der Waals surface area contributed by atoms with Crippen LogP contribution in [0.2, 0.25) is 0 Å². The number of aliphatic hydroxyl groups is 1. The van der Waals surface area contributed by atoms with Crippen LogP contribution in [0.15, 0.2) is 30.3 Å². The summed E-state index contributed by atoms with van der Waals surface area (Å²) in [5.41, 5.74) is 1.27. The second kappa shape index (κ2) is 5.18. The molecular formula is C10H13ClO. The van der Waals surface area contributed by atoms with Crippen LogP contribution in [0, 0.1) is 0 Å². The van der Waals surface area contributed by atoms with Crippen LogP contribution >= 0.6 is 11.6 Å². The topological polar surface area (TPSA) is 20.2 Å². The van der Waals surface area contributed by atoms with Crippen LogP contribution < -0.4 is 0 Å².